The molecule has 1 saturated carbocycles. The summed E-state index contributed by atoms with van der Waals surface area (Å²) in [4.78, 5) is 35.1. The number of carboxylic acid groups (broad SMARTS) is 1. The minimum Gasteiger partial charge on any atom is -0.481 e. The van der Waals surface area contributed by atoms with Gasteiger partial charge in [0.2, 0.25) is 5.91 Å². The van der Waals surface area contributed by atoms with Crippen LogP contribution in [0.15, 0.2) is 60.7 Å². The fraction of sp³-hybridized carbons (Fsp3) is 0.320. The van der Waals surface area contributed by atoms with Crippen LogP contribution in [0.5, 0.6) is 0 Å². The van der Waals surface area contributed by atoms with Crippen molar-refractivity contribution in [3.63, 3.8) is 0 Å². The third-order valence-electron chi connectivity index (χ3n) is 6.11. The van der Waals surface area contributed by atoms with Crippen molar-refractivity contribution < 1.29 is 24.2 Å². The molecule has 0 heterocycles. The molecule has 2 aliphatic rings. The number of nitrogens with one attached hydrogen (secondary N) is 2. The number of rotatable bonds is 7. The van der Waals surface area contributed by atoms with Crippen molar-refractivity contribution in [1.82, 2.24) is 10.6 Å². The molecule has 0 saturated heterocycles. The molecule has 32 heavy (non-hydrogen) atoms. The number of carbonyl (C=O) groups excluding carboxylic acids is 2. The lowest BCUT2D eigenvalue weighted by molar-refractivity contribution is -0.141. The quantitative estimate of drug-likeness (QED) is 0.579. The molecular formula is C25H26N2O5. The van der Waals surface area contributed by atoms with Gasteiger partial charge in [0.1, 0.15) is 6.61 Å². The van der Waals surface area contributed by atoms with Crippen LogP contribution in [0, 0.1) is 5.92 Å². The Morgan fingerprint density at radius 1 is 1.00 bits per heavy atom. The number of fused-ring (bicyclic) bond motifs is 3. The van der Waals surface area contributed by atoms with Crippen LogP contribution in [0.1, 0.15) is 36.3 Å². The molecule has 0 bridgehead atoms. The molecule has 0 aliphatic heterocycles. The molecular weight excluding hydrogens is 408 g/mol. The van der Waals surface area contributed by atoms with Gasteiger partial charge in [-0.15, -0.1) is 0 Å². The summed E-state index contributed by atoms with van der Waals surface area (Å²) >= 11 is 0. The summed E-state index contributed by atoms with van der Waals surface area (Å²) in [6.07, 6.45) is 4.03. The van der Waals surface area contributed by atoms with Gasteiger partial charge in [-0.2, -0.15) is 0 Å². The lowest BCUT2D eigenvalue weighted by Crippen LogP contribution is -2.32. The van der Waals surface area contributed by atoms with E-state index in [9.17, 15) is 14.4 Å². The van der Waals surface area contributed by atoms with Gasteiger partial charge in [-0.1, -0.05) is 54.6 Å². The van der Waals surface area contributed by atoms with Gasteiger partial charge in [-0.25, -0.2) is 4.79 Å². The predicted molar refractivity (Wildman–Crippen MR) is 119 cm³/mol. The first-order valence-electron chi connectivity index (χ1n) is 10.8. The van der Waals surface area contributed by atoms with Gasteiger partial charge in [0.05, 0.1) is 5.92 Å². The Balaban J connectivity index is 1.22. The van der Waals surface area contributed by atoms with E-state index in [-0.39, 0.29) is 36.9 Å². The molecule has 2 aromatic rings. The largest absolute Gasteiger partial charge is 0.481 e. The molecule has 2 amide bonds. The van der Waals surface area contributed by atoms with Crippen molar-refractivity contribution in [2.24, 2.45) is 5.92 Å². The van der Waals surface area contributed by atoms with Gasteiger partial charge >= 0.3 is 12.1 Å². The number of alkyl carbamates (subject to hydrolysis) is 1. The van der Waals surface area contributed by atoms with Gasteiger partial charge in [0.15, 0.2) is 0 Å². The first-order chi connectivity index (χ1) is 15.5. The van der Waals surface area contributed by atoms with E-state index >= 15 is 0 Å². The standard InChI is InChI=1S/C25H26N2O5/c28-23(27-17-12-11-16(14-17)24(29)30)10-5-13-26-25(31)32-15-22-20-8-3-1-6-18(20)19-7-2-4-9-21(19)22/h1-10,16-17,22H,11-15H2,(H,26,31)(H,27,28)(H,29,30)/b10-5+/t16-,17+/m1/s1. The molecule has 2 aromatic carbocycles. The summed E-state index contributed by atoms with van der Waals surface area (Å²) < 4.78 is 5.45. The minimum atomic E-state index is -0.815. The Bertz CT molecular complexity index is 1000. The maximum Gasteiger partial charge on any atom is 0.407 e. The number of carboxylic acids is 1. The summed E-state index contributed by atoms with van der Waals surface area (Å²) in [7, 11) is 0. The summed E-state index contributed by atoms with van der Waals surface area (Å²) in [5.41, 5.74) is 4.64. The molecule has 1 fully saturated rings. The van der Waals surface area contributed by atoms with Gasteiger partial charge in [-0.3, -0.25) is 9.59 Å². The molecule has 7 nitrogen and oxygen atoms in total. The van der Waals surface area contributed by atoms with Crippen LogP contribution in [0.25, 0.3) is 11.1 Å². The van der Waals surface area contributed by atoms with Crippen LogP contribution >= 0.6 is 0 Å². The van der Waals surface area contributed by atoms with Crippen LogP contribution in [0.2, 0.25) is 0 Å². The van der Waals surface area contributed by atoms with Gasteiger partial charge in [0, 0.05) is 24.6 Å². The predicted octanol–water partition coefficient (Wildman–Crippen LogP) is 3.45. The summed E-state index contributed by atoms with van der Waals surface area (Å²) in [5, 5.41) is 14.4. The molecule has 166 valence electrons. The number of benzene rings is 2. The van der Waals surface area contributed by atoms with Crippen molar-refractivity contribution in [2.45, 2.75) is 31.2 Å². The van der Waals surface area contributed by atoms with Crippen molar-refractivity contribution in [3.8, 4) is 11.1 Å². The molecule has 4 rings (SSSR count). The fourth-order valence-corrected chi connectivity index (χ4v) is 4.54. The normalized spacial score (nSPS) is 19.4. The number of ether oxygens (including phenoxy) is 1. The average Bonchev–Trinajstić information content (AvgIpc) is 3.38. The second-order valence-electron chi connectivity index (χ2n) is 8.16. The van der Waals surface area contributed by atoms with E-state index in [1.165, 1.54) is 17.2 Å². The second kappa shape index (κ2) is 9.68. The maximum absolute atomic E-state index is 12.1. The van der Waals surface area contributed by atoms with Crippen LogP contribution in [0.3, 0.4) is 0 Å². The third kappa shape index (κ3) is 4.82. The zero-order valence-corrected chi connectivity index (χ0v) is 17.6. The number of hydrogen-bond donors (Lipinski definition) is 3. The molecule has 0 aromatic heterocycles. The highest BCUT2D eigenvalue weighted by Gasteiger charge is 2.30. The van der Waals surface area contributed by atoms with Gasteiger partial charge in [-0.05, 0) is 41.5 Å². The van der Waals surface area contributed by atoms with Crippen molar-refractivity contribution in [1.29, 1.82) is 0 Å². The van der Waals surface area contributed by atoms with Crippen molar-refractivity contribution in [3.05, 3.63) is 71.8 Å². The van der Waals surface area contributed by atoms with E-state index in [0.29, 0.717) is 19.3 Å². The smallest absolute Gasteiger partial charge is 0.407 e. The number of carbonyl (C=O) groups is 3. The molecule has 0 unspecified atom stereocenters. The number of hydrogen-bond acceptors (Lipinski definition) is 4. The molecule has 0 spiro atoms. The SMILES string of the molecule is O=C(/C=C/CNC(=O)OCC1c2ccccc2-c2ccccc21)N[C@H]1CC[C@@H](C(=O)O)C1. The lowest BCUT2D eigenvalue weighted by Gasteiger charge is -2.14. The Morgan fingerprint density at radius 3 is 2.28 bits per heavy atom. The van der Waals surface area contributed by atoms with Crippen LogP contribution in [0.4, 0.5) is 4.79 Å². The first-order valence-corrected chi connectivity index (χ1v) is 10.8. The van der Waals surface area contributed by atoms with Crippen molar-refractivity contribution >= 4 is 18.0 Å². The lowest BCUT2D eigenvalue weighted by atomic mass is 9.98. The average molecular weight is 434 g/mol. The van der Waals surface area contributed by atoms with E-state index in [2.05, 4.69) is 34.9 Å². The molecule has 3 N–H and O–H groups in total. The Hall–Kier alpha value is -3.61. The third-order valence-corrected chi connectivity index (χ3v) is 6.11. The van der Waals surface area contributed by atoms with E-state index in [0.717, 1.165) is 11.1 Å². The van der Waals surface area contributed by atoms with E-state index in [1.54, 1.807) is 6.08 Å². The Kier molecular flexibility index (Phi) is 6.54. The molecule has 7 heteroatoms. The summed E-state index contributed by atoms with van der Waals surface area (Å²) in [5.74, 6) is -1.50. The maximum atomic E-state index is 12.1. The van der Waals surface area contributed by atoms with E-state index in [4.69, 9.17) is 9.84 Å². The monoisotopic (exact) mass is 434 g/mol. The van der Waals surface area contributed by atoms with Gasteiger partial charge in [0.25, 0.3) is 0 Å². The van der Waals surface area contributed by atoms with E-state index in [1.807, 2.05) is 24.3 Å². The highest BCUT2D eigenvalue weighted by atomic mass is 16.5. The summed E-state index contributed by atoms with van der Waals surface area (Å²) in [6, 6.07) is 16.1. The highest BCUT2D eigenvalue weighted by Crippen LogP contribution is 2.44. The Labute approximate surface area is 186 Å². The van der Waals surface area contributed by atoms with Crippen molar-refractivity contribution in [2.75, 3.05) is 13.2 Å². The van der Waals surface area contributed by atoms with Gasteiger partial charge < -0.3 is 20.5 Å². The van der Waals surface area contributed by atoms with Crippen LogP contribution in [-0.4, -0.2) is 42.3 Å². The Morgan fingerprint density at radius 2 is 1.66 bits per heavy atom. The number of aliphatic carboxylic acids is 1. The highest BCUT2D eigenvalue weighted by molar-refractivity contribution is 5.88. The first kappa shape index (κ1) is 21.6. The summed E-state index contributed by atoms with van der Waals surface area (Å²) in [6.45, 7) is 0.392. The van der Waals surface area contributed by atoms with Crippen LogP contribution in [-0.2, 0) is 14.3 Å². The van der Waals surface area contributed by atoms with E-state index < -0.39 is 12.1 Å². The molecule has 2 atom stereocenters. The number of amides is 2. The minimum absolute atomic E-state index is 0.00416. The van der Waals surface area contributed by atoms with Crippen LogP contribution < -0.4 is 10.6 Å². The fourth-order valence-electron chi connectivity index (χ4n) is 4.54. The molecule has 0 radical (unpaired) electrons. The zero-order valence-electron chi connectivity index (χ0n) is 17.6. The second-order valence-corrected chi connectivity index (χ2v) is 8.16. The topological polar surface area (TPSA) is 105 Å². The zero-order chi connectivity index (χ0) is 22.5. The molecule has 2 aliphatic carbocycles.